The molecule has 6 heteroatoms. The number of thiazole rings is 1. The van der Waals surface area contributed by atoms with Crippen LogP contribution in [0.3, 0.4) is 0 Å². The molecule has 0 bridgehead atoms. The zero-order chi connectivity index (χ0) is 18.4. The van der Waals surface area contributed by atoms with Crippen molar-refractivity contribution in [1.82, 2.24) is 9.38 Å². The Kier molecular flexibility index (Phi) is 4.14. The van der Waals surface area contributed by atoms with Gasteiger partial charge in [-0.05, 0) is 49.4 Å². The molecule has 0 unspecified atom stereocenters. The minimum Gasteiger partial charge on any atom is -0.396 e. The Morgan fingerprint density at radius 2 is 2.19 bits per heavy atom. The number of hydrogen-bond donors (Lipinski definition) is 1. The van der Waals surface area contributed by atoms with E-state index in [2.05, 4.69) is 6.07 Å². The molecule has 1 saturated carbocycles. The number of aliphatic hydroxyl groups is 1. The summed E-state index contributed by atoms with van der Waals surface area (Å²) in [5.41, 5.74) is 4.36. The fourth-order valence-corrected chi connectivity index (χ4v) is 4.64. The molecule has 1 aliphatic rings. The molecule has 0 radical (unpaired) electrons. The van der Waals surface area contributed by atoms with Crippen molar-refractivity contribution >= 4 is 16.3 Å². The lowest BCUT2D eigenvalue weighted by molar-refractivity contribution is 0.273. The summed E-state index contributed by atoms with van der Waals surface area (Å²) in [5, 5.41) is 18.5. The highest BCUT2D eigenvalue weighted by Crippen LogP contribution is 2.49. The number of benzene rings is 1. The van der Waals surface area contributed by atoms with Crippen molar-refractivity contribution < 1.29 is 5.11 Å². The van der Waals surface area contributed by atoms with Gasteiger partial charge in [-0.3, -0.25) is 9.20 Å². The lowest BCUT2D eigenvalue weighted by Gasteiger charge is -2.07. The Morgan fingerprint density at radius 1 is 1.38 bits per heavy atom. The summed E-state index contributed by atoms with van der Waals surface area (Å²) < 4.78 is 1.71. The first-order valence-electron chi connectivity index (χ1n) is 8.64. The minimum absolute atomic E-state index is 0.0676. The van der Waals surface area contributed by atoms with Crippen molar-refractivity contribution in [3.8, 4) is 6.07 Å². The quantitative estimate of drug-likeness (QED) is 0.771. The monoisotopic (exact) mass is 365 g/mol. The van der Waals surface area contributed by atoms with Crippen molar-refractivity contribution in [2.75, 3.05) is 6.61 Å². The molecule has 132 valence electrons. The van der Waals surface area contributed by atoms with Crippen LogP contribution in [0, 0.1) is 31.1 Å². The molecule has 1 aromatic carbocycles. The van der Waals surface area contributed by atoms with Crippen LogP contribution in [0.25, 0.3) is 4.96 Å². The summed E-state index contributed by atoms with van der Waals surface area (Å²) in [4.78, 5) is 19.3. The molecule has 0 saturated heterocycles. The molecule has 3 aromatic rings. The van der Waals surface area contributed by atoms with Gasteiger partial charge in [0.25, 0.3) is 5.56 Å². The van der Waals surface area contributed by atoms with Crippen molar-refractivity contribution in [3.05, 3.63) is 67.6 Å². The second-order valence-corrected chi connectivity index (χ2v) is 8.14. The summed E-state index contributed by atoms with van der Waals surface area (Å²) in [5.74, 6) is 0.517. The maximum atomic E-state index is 12.8. The van der Waals surface area contributed by atoms with Crippen LogP contribution < -0.4 is 5.56 Å². The smallest absolute Gasteiger partial charge is 0.258 e. The van der Waals surface area contributed by atoms with Crippen LogP contribution in [-0.4, -0.2) is 21.1 Å². The first kappa shape index (κ1) is 17.0. The Bertz CT molecular complexity index is 1110. The zero-order valence-corrected chi connectivity index (χ0v) is 15.5. The van der Waals surface area contributed by atoms with Gasteiger partial charge in [-0.25, -0.2) is 4.98 Å². The van der Waals surface area contributed by atoms with Crippen molar-refractivity contribution in [2.45, 2.75) is 32.6 Å². The van der Waals surface area contributed by atoms with Crippen molar-refractivity contribution in [1.29, 1.82) is 5.26 Å². The molecule has 0 amide bonds. The van der Waals surface area contributed by atoms with Crippen LogP contribution in [0.1, 0.15) is 45.3 Å². The van der Waals surface area contributed by atoms with Gasteiger partial charge in [0.05, 0.1) is 17.3 Å². The number of hydrogen-bond acceptors (Lipinski definition) is 5. The molecule has 26 heavy (non-hydrogen) atoms. The Balaban J connectivity index is 1.75. The number of fused-ring (bicyclic) bond motifs is 1. The minimum atomic E-state index is -0.0676. The predicted octanol–water partition coefficient (Wildman–Crippen LogP) is 2.93. The molecular formula is C20H19N3O2S. The largest absolute Gasteiger partial charge is 0.396 e. The molecule has 0 aliphatic heterocycles. The van der Waals surface area contributed by atoms with E-state index < -0.39 is 0 Å². The number of aryl methyl sites for hydroxylation is 2. The van der Waals surface area contributed by atoms with E-state index in [0.717, 1.165) is 33.8 Å². The molecule has 2 heterocycles. The van der Waals surface area contributed by atoms with Gasteiger partial charge in [0, 0.05) is 35.6 Å². The topological polar surface area (TPSA) is 78.4 Å². The van der Waals surface area contributed by atoms with E-state index in [-0.39, 0.29) is 24.0 Å². The van der Waals surface area contributed by atoms with E-state index in [1.165, 1.54) is 11.3 Å². The molecule has 4 rings (SSSR count). The van der Waals surface area contributed by atoms with Gasteiger partial charge in [-0.1, -0.05) is 6.07 Å². The van der Waals surface area contributed by atoms with Crippen LogP contribution in [0.2, 0.25) is 0 Å². The molecule has 2 aromatic heterocycles. The van der Waals surface area contributed by atoms with E-state index in [4.69, 9.17) is 10.2 Å². The molecule has 1 N–H and O–H groups in total. The van der Waals surface area contributed by atoms with Gasteiger partial charge in [0.1, 0.15) is 0 Å². The molecule has 2 atom stereocenters. The van der Waals surface area contributed by atoms with E-state index in [1.54, 1.807) is 16.5 Å². The average molecular weight is 365 g/mol. The van der Waals surface area contributed by atoms with E-state index in [9.17, 15) is 9.90 Å². The summed E-state index contributed by atoms with van der Waals surface area (Å²) in [7, 11) is 0. The van der Waals surface area contributed by atoms with Crippen LogP contribution in [0.5, 0.6) is 0 Å². The first-order valence-corrected chi connectivity index (χ1v) is 9.46. The maximum Gasteiger partial charge on any atom is 0.258 e. The Morgan fingerprint density at radius 3 is 2.88 bits per heavy atom. The summed E-state index contributed by atoms with van der Waals surface area (Å²) >= 11 is 1.53. The molecule has 5 nitrogen and oxygen atoms in total. The number of aliphatic hydroxyl groups excluding tert-OH is 1. The molecule has 0 spiro atoms. The third-order valence-corrected chi connectivity index (χ3v) is 6.12. The number of aromatic nitrogens is 2. The third-order valence-electron chi connectivity index (χ3n) is 5.15. The van der Waals surface area contributed by atoms with Crippen LogP contribution >= 0.6 is 11.3 Å². The second kappa shape index (κ2) is 6.35. The molecule has 1 fully saturated rings. The fraction of sp³-hybridized carbons (Fsp3) is 0.350. The third kappa shape index (κ3) is 2.83. The number of nitriles is 1. The normalized spacial score (nSPS) is 18.8. The highest BCUT2D eigenvalue weighted by Gasteiger charge is 2.41. The second-order valence-electron chi connectivity index (χ2n) is 6.96. The van der Waals surface area contributed by atoms with Crippen LogP contribution in [0.4, 0.5) is 0 Å². The van der Waals surface area contributed by atoms with Gasteiger partial charge in [-0.15, -0.1) is 11.3 Å². The highest BCUT2D eigenvalue weighted by atomic mass is 32.1. The van der Waals surface area contributed by atoms with Crippen LogP contribution in [0.15, 0.2) is 29.1 Å². The summed E-state index contributed by atoms with van der Waals surface area (Å²) in [6.45, 7) is 4.18. The van der Waals surface area contributed by atoms with E-state index in [0.29, 0.717) is 16.9 Å². The lowest BCUT2D eigenvalue weighted by Crippen LogP contribution is -2.17. The molecular weight excluding hydrogens is 346 g/mol. The zero-order valence-electron chi connectivity index (χ0n) is 14.7. The van der Waals surface area contributed by atoms with Gasteiger partial charge in [0.2, 0.25) is 0 Å². The number of rotatable bonds is 4. The van der Waals surface area contributed by atoms with Gasteiger partial charge >= 0.3 is 0 Å². The van der Waals surface area contributed by atoms with Gasteiger partial charge < -0.3 is 5.11 Å². The first-order chi connectivity index (χ1) is 12.5. The van der Waals surface area contributed by atoms with E-state index in [1.807, 2.05) is 26.0 Å². The standard InChI is InChI=1S/C20H19N3O2S/c1-11-3-4-13(9-21)5-14(11)6-16-8-18(25)23-19(17-7-15(17)10-24)12(2)26-20(23)22-16/h3-5,8,15,17,24H,6-7,10H2,1-2H3/t15-,17+/m0/s1. The highest BCUT2D eigenvalue weighted by molar-refractivity contribution is 7.17. The van der Waals surface area contributed by atoms with E-state index >= 15 is 0 Å². The molecule has 1 aliphatic carbocycles. The number of nitrogens with zero attached hydrogens (tertiary/aromatic N) is 3. The van der Waals surface area contributed by atoms with Crippen molar-refractivity contribution in [2.24, 2.45) is 5.92 Å². The average Bonchev–Trinajstić information content (AvgIpc) is 3.31. The SMILES string of the molecule is Cc1ccc(C#N)cc1Cc1cc(=O)n2c([C@@H]3C[C@H]3CO)c(C)sc2n1. The Hall–Kier alpha value is -2.49. The summed E-state index contributed by atoms with van der Waals surface area (Å²) in [6, 6.07) is 9.34. The Labute approximate surface area is 155 Å². The van der Waals surface area contributed by atoms with Crippen molar-refractivity contribution in [3.63, 3.8) is 0 Å². The van der Waals surface area contributed by atoms with Gasteiger partial charge in [0.15, 0.2) is 4.96 Å². The fourth-order valence-electron chi connectivity index (χ4n) is 3.57. The lowest BCUT2D eigenvalue weighted by atomic mass is 10.0. The maximum absolute atomic E-state index is 12.8. The predicted molar refractivity (Wildman–Crippen MR) is 101 cm³/mol. The van der Waals surface area contributed by atoms with Gasteiger partial charge in [-0.2, -0.15) is 5.26 Å². The summed E-state index contributed by atoms with van der Waals surface area (Å²) in [6.07, 6.45) is 1.46. The van der Waals surface area contributed by atoms with Crippen LogP contribution in [-0.2, 0) is 6.42 Å².